The number of sulfonamides is 1. The van der Waals surface area contributed by atoms with Crippen molar-refractivity contribution in [1.29, 1.82) is 0 Å². The zero-order valence-electron chi connectivity index (χ0n) is 23.1. The SMILES string of the molecule is CC[C@@H](C)NC(=O)[C@H](CC)N(Cc1ccccc1)C(=O)CN(c1ccc(Cl)c(Cl)c1)S(=O)(=O)c1ccc(C)cc1. The Bertz CT molecular complexity index is 1420. The highest BCUT2D eigenvalue weighted by atomic mass is 35.5. The number of carbonyl (C=O) groups excluding carboxylic acids is 2. The summed E-state index contributed by atoms with van der Waals surface area (Å²) in [5, 5.41) is 3.37. The number of aryl methyl sites for hydroxylation is 1. The molecule has 0 bridgehead atoms. The predicted octanol–water partition coefficient (Wildman–Crippen LogP) is 6.22. The maximum absolute atomic E-state index is 14.1. The normalized spacial score (nSPS) is 12.8. The summed E-state index contributed by atoms with van der Waals surface area (Å²) in [6.07, 6.45) is 1.08. The van der Waals surface area contributed by atoms with Crippen LogP contribution in [0, 0.1) is 6.92 Å². The van der Waals surface area contributed by atoms with E-state index in [1.54, 1.807) is 12.1 Å². The highest BCUT2D eigenvalue weighted by Crippen LogP contribution is 2.31. The van der Waals surface area contributed by atoms with Gasteiger partial charge in [-0.1, -0.05) is 85.1 Å². The molecule has 3 aromatic rings. The van der Waals surface area contributed by atoms with Crippen LogP contribution in [0.25, 0.3) is 0 Å². The molecule has 40 heavy (non-hydrogen) atoms. The van der Waals surface area contributed by atoms with E-state index in [0.29, 0.717) is 6.42 Å². The lowest BCUT2D eigenvalue weighted by molar-refractivity contribution is -0.140. The van der Waals surface area contributed by atoms with Crippen molar-refractivity contribution in [3.05, 3.63) is 94.0 Å². The molecule has 0 radical (unpaired) electrons. The van der Waals surface area contributed by atoms with Gasteiger partial charge in [0.2, 0.25) is 11.8 Å². The van der Waals surface area contributed by atoms with E-state index in [-0.39, 0.29) is 39.1 Å². The molecule has 10 heteroatoms. The lowest BCUT2D eigenvalue weighted by Gasteiger charge is -2.33. The summed E-state index contributed by atoms with van der Waals surface area (Å²) < 4.78 is 28.8. The lowest BCUT2D eigenvalue weighted by Crippen LogP contribution is -2.53. The summed E-state index contributed by atoms with van der Waals surface area (Å²) in [4.78, 5) is 28.8. The molecule has 2 amide bonds. The highest BCUT2D eigenvalue weighted by molar-refractivity contribution is 7.92. The topological polar surface area (TPSA) is 86.8 Å². The molecule has 3 aromatic carbocycles. The van der Waals surface area contributed by atoms with Crippen molar-refractivity contribution in [3.8, 4) is 0 Å². The van der Waals surface area contributed by atoms with Crippen molar-refractivity contribution in [1.82, 2.24) is 10.2 Å². The first-order valence-corrected chi connectivity index (χ1v) is 15.4. The molecule has 0 fully saturated rings. The molecule has 3 rings (SSSR count). The predicted molar refractivity (Wildman–Crippen MR) is 161 cm³/mol. The Kier molecular flexibility index (Phi) is 11.0. The fourth-order valence-electron chi connectivity index (χ4n) is 4.15. The second kappa shape index (κ2) is 14.0. The van der Waals surface area contributed by atoms with E-state index in [2.05, 4.69) is 5.32 Å². The number of hydrogen-bond donors (Lipinski definition) is 1. The fourth-order valence-corrected chi connectivity index (χ4v) is 5.85. The molecule has 0 aromatic heterocycles. The van der Waals surface area contributed by atoms with Crippen LogP contribution in [-0.4, -0.2) is 43.8 Å². The number of anilines is 1. The van der Waals surface area contributed by atoms with E-state index in [9.17, 15) is 18.0 Å². The van der Waals surface area contributed by atoms with Crippen LogP contribution >= 0.6 is 23.2 Å². The van der Waals surface area contributed by atoms with Crippen molar-refractivity contribution >= 4 is 50.7 Å². The summed E-state index contributed by atoms with van der Waals surface area (Å²) in [7, 11) is -4.19. The van der Waals surface area contributed by atoms with Crippen LogP contribution in [0.2, 0.25) is 10.0 Å². The van der Waals surface area contributed by atoms with E-state index in [0.717, 1.165) is 21.9 Å². The lowest BCUT2D eigenvalue weighted by atomic mass is 10.1. The van der Waals surface area contributed by atoms with Crippen LogP contribution < -0.4 is 9.62 Å². The minimum absolute atomic E-state index is 0.0214. The number of amides is 2. The largest absolute Gasteiger partial charge is 0.352 e. The maximum atomic E-state index is 14.1. The highest BCUT2D eigenvalue weighted by Gasteiger charge is 2.34. The van der Waals surface area contributed by atoms with Crippen LogP contribution in [0.1, 0.15) is 44.7 Å². The van der Waals surface area contributed by atoms with Crippen LogP contribution in [-0.2, 0) is 26.2 Å². The second-order valence-electron chi connectivity index (χ2n) is 9.67. The summed E-state index contributed by atoms with van der Waals surface area (Å²) in [5.41, 5.74) is 1.89. The molecule has 0 aliphatic heterocycles. The molecule has 0 saturated carbocycles. The Morgan fingerprint density at radius 3 is 2.12 bits per heavy atom. The van der Waals surface area contributed by atoms with E-state index >= 15 is 0 Å². The molecule has 0 spiro atoms. The van der Waals surface area contributed by atoms with Gasteiger partial charge in [0, 0.05) is 12.6 Å². The quantitative estimate of drug-likeness (QED) is 0.266. The standard InChI is InChI=1S/C30H35Cl2N3O4S/c1-5-22(4)33-30(37)28(6-2)34(19-23-10-8-7-9-11-23)29(36)20-35(24-14-17-26(31)27(32)18-24)40(38,39)25-15-12-21(3)13-16-25/h7-18,22,28H,5-6,19-20H2,1-4H3,(H,33,37)/t22-,28+/m1/s1. The zero-order chi connectivity index (χ0) is 29.4. The smallest absolute Gasteiger partial charge is 0.264 e. The average molecular weight is 605 g/mol. The Hall–Kier alpha value is -3.07. The van der Waals surface area contributed by atoms with Crippen molar-refractivity contribution in [2.75, 3.05) is 10.8 Å². The van der Waals surface area contributed by atoms with Gasteiger partial charge in [-0.3, -0.25) is 13.9 Å². The monoisotopic (exact) mass is 603 g/mol. The molecular formula is C30H35Cl2N3O4S. The van der Waals surface area contributed by atoms with Gasteiger partial charge in [0.05, 0.1) is 20.6 Å². The first kappa shape index (κ1) is 31.5. The van der Waals surface area contributed by atoms with Gasteiger partial charge >= 0.3 is 0 Å². The summed E-state index contributed by atoms with van der Waals surface area (Å²) >= 11 is 12.4. The van der Waals surface area contributed by atoms with Crippen LogP contribution in [0.15, 0.2) is 77.7 Å². The number of halogens is 2. The third kappa shape index (κ3) is 7.77. The molecule has 0 saturated heterocycles. The Balaban J connectivity index is 2.07. The average Bonchev–Trinajstić information content (AvgIpc) is 2.93. The van der Waals surface area contributed by atoms with Crippen molar-refractivity contribution in [2.24, 2.45) is 0 Å². The molecule has 0 unspecified atom stereocenters. The van der Waals surface area contributed by atoms with Crippen LogP contribution in [0.4, 0.5) is 5.69 Å². The third-order valence-corrected chi connectivity index (χ3v) is 9.19. The summed E-state index contributed by atoms with van der Waals surface area (Å²) in [6, 6.07) is 19.2. The van der Waals surface area contributed by atoms with Gasteiger partial charge in [-0.05, 0) is 62.6 Å². The van der Waals surface area contributed by atoms with Gasteiger partial charge in [-0.25, -0.2) is 8.42 Å². The van der Waals surface area contributed by atoms with Gasteiger partial charge in [0.1, 0.15) is 12.6 Å². The van der Waals surface area contributed by atoms with E-state index < -0.39 is 28.5 Å². The number of nitrogens with one attached hydrogen (secondary N) is 1. The minimum Gasteiger partial charge on any atom is -0.352 e. The van der Waals surface area contributed by atoms with Crippen LogP contribution in [0.5, 0.6) is 0 Å². The molecule has 0 heterocycles. The Morgan fingerprint density at radius 2 is 1.55 bits per heavy atom. The number of benzene rings is 3. The fraction of sp³-hybridized carbons (Fsp3) is 0.333. The number of carbonyl (C=O) groups is 2. The maximum Gasteiger partial charge on any atom is 0.264 e. The van der Waals surface area contributed by atoms with Crippen molar-refractivity contribution in [2.45, 2.75) is 64.1 Å². The minimum atomic E-state index is -4.19. The zero-order valence-corrected chi connectivity index (χ0v) is 25.4. The molecule has 0 aliphatic carbocycles. The number of rotatable bonds is 12. The van der Waals surface area contributed by atoms with Gasteiger partial charge in [-0.15, -0.1) is 0 Å². The summed E-state index contributed by atoms with van der Waals surface area (Å²) in [5.74, 6) is -0.819. The molecule has 1 N–H and O–H groups in total. The molecule has 2 atom stereocenters. The molecule has 7 nitrogen and oxygen atoms in total. The van der Waals surface area contributed by atoms with Gasteiger partial charge in [-0.2, -0.15) is 0 Å². The first-order valence-electron chi connectivity index (χ1n) is 13.2. The third-order valence-electron chi connectivity index (χ3n) is 6.66. The van der Waals surface area contributed by atoms with E-state index in [1.807, 2.05) is 58.0 Å². The van der Waals surface area contributed by atoms with E-state index in [4.69, 9.17) is 23.2 Å². The van der Waals surface area contributed by atoms with Gasteiger partial charge in [0.25, 0.3) is 10.0 Å². The number of nitrogens with zero attached hydrogens (tertiary/aromatic N) is 2. The van der Waals surface area contributed by atoms with Gasteiger partial charge in [0.15, 0.2) is 0 Å². The number of hydrogen-bond acceptors (Lipinski definition) is 4. The first-order chi connectivity index (χ1) is 19.0. The summed E-state index contributed by atoms with van der Waals surface area (Å²) in [6.45, 7) is 7.12. The second-order valence-corrected chi connectivity index (χ2v) is 12.3. The Morgan fingerprint density at radius 1 is 0.900 bits per heavy atom. The van der Waals surface area contributed by atoms with Crippen molar-refractivity contribution < 1.29 is 18.0 Å². The molecule has 0 aliphatic rings. The van der Waals surface area contributed by atoms with E-state index in [1.165, 1.54) is 35.2 Å². The Labute approximate surface area is 247 Å². The molecular weight excluding hydrogens is 569 g/mol. The van der Waals surface area contributed by atoms with Crippen LogP contribution in [0.3, 0.4) is 0 Å². The van der Waals surface area contributed by atoms with Gasteiger partial charge < -0.3 is 10.2 Å². The van der Waals surface area contributed by atoms with Crippen molar-refractivity contribution in [3.63, 3.8) is 0 Å². The molecule has 214 valence electrons.